The van der Waals surface area contributed by atoms with E-state index in [1.54, 1.807) is 0 Å². The van der Waals surface area contributed by atoms with Crippen LogP contribution < -0.4 is 10.6 Å². The van der Waals surface area contributed by atoms with Crippen LogP contribution in [0.1, 0.15) is 44.6 Å². The van der Waals surface area contributed by atoms with Crippen LogP contribution in [0.25, 0.3) is 0 Å². The van der Waals surface area contributed by atoms with Crippen molar-refractivity contribution in [3.05, 3.63) is 35.9 Å². The Morgan fingerprint density at radius 2 is 1.89 bits per heavy atom. The minimum atomic E-state index is 0.549. The van der Waals surface area contributed by atoms with Crippen LogP contribution in [-0.4, -0.2) is 67.6 Å². The van der Waals surface area contributed by atoms with E-state index in [0.29, 0.717) is 12.1 Å². The van der Waals surface area contributed by atoms with Gasteiger partial charge in [0.2, 0.25) is 0 Å². The molecular weight excluding hydrogens is 334 g/mol. The summed E-state index contributed by atoms with van der Waals surface area (Å²) in [7, 11) is 1.89. The molecule has 2 aliphatic rings. The third-order valence-electron chi connectivity index (χ3n) is 5.92. The summed E-state index contributed by atoms with van der Waals surface area (Å²) in [6.07, 6.45) is 6.24. The quantitative estimate of drug-likeness (QED) is 0.571. The fraction of sp³-hybridized carbons (Fsp3) is 0.682. The summed E-state index contributed by atoms with van der Waals surface area (Å²) < 4.78 is 0. The molecule has 3 rings (SSSR count). The lowest BCUT2D eigenvalue weighted by atomic mass is 10.1. The minimum Gasteiger partial charge on any atom is -0.355 e. The molecule has 0 saturated carbocycles. The van der Waals surface area contributed by atoms with Gasteiger partial charge in [0.1, 0.15) is 0 Å². The fourth-order valence-corrected chi connectivity index (χ4v) is 4.37. The SMILES string of the molecule is CCCN1CCC(NC(=NC)NCC2CCCN2Cc2ccccc2)CC1. The first-order valence-electron chi connectivity index (χ1n) is 10.8. The molecule has 1 atom stereocenters. The van der Waals surface area contributed by atoms with Crippen molar-refractivity contribution in [2.24, 2.45) is 4.99 Å². The first kappa shape index (κ1) is 20.2. The maximum Gasteiger partial charge on any atom is 0.191 e. The molecule has 0 radical (unpaired) electrons. The largest absolute Gasteiger partial charge is 0.355 e. The Bertz CT molecular complexity index is 565. The van der Waals surface area contributed by atoms with E-state index in [4.69, 9.17) is 0 Å². The van der Waals surface area contributed by atoms with Gasteiger partial charge in [-0.05, 0) is 50.8 Å². The van der Waals surface area contributed by atoms with Crippen molar-refractivity contribution in [3.8, 4) is 0 Å². The zero-order chi connectivity index (χ0) is 18.9. The van der Waals surface area contributed by atoms with Crippen molar-refractivity contribution in [1.29, 1.82) is 0 Å². The van der Waals surface area contributed by atoms with E-state index < -0.39 is 0 Å². The van der Waals surface area contributed by atoms with Crippen molar-refractivity contribution in [3.63, 3.8) is 0 Å². The number of nitrogens with one attached hydrogen (secondary N) is 2. The number of aliphatic imine (C=N–C) groups is 1. The van der Waals surface area contributed by atoms with Gasteiger partial charge < -0.3 is 15.5 Å². The standard InChI is InChI=1S/C22H37N5/c1-3-13-26-15-11-20(12-16-26)25-22(23-2)24-17-21-10-7-14-27(21)18-19-8-5-4-6-9-19/h4-6,8-9,20-21H,3,7,10-18H2,1-2H3,(H2,23,24,25). The van der Waals surface area contributed by atoms with Gasteiger partial charge in [-0.1, -0.05) is 37.3 Å². The maximum absolute atomic E-state index is 4.47. The third-order valence-corrected chi connectivity index (χ3v) is 5.92. The lowest BCUT2D eigenvalue weighted by Gasteiger charge is -2.33. The van der Waals surface area contributed by atoms with E-state index in [1.807, 2.05) is 7.05 Å². The summed E-state index contributed by atoms with van der Waals surface area (Å²) in [5.74, 6) is 0.968. The second-order valence-electron chi connectivity index (χ2n) is 7.97. The van der Waals surface area contributed by atoms with Gasteiger partial charge in [-0.3, -0.25) is 9.89 Å². The van der Waals surface area contributed by atoms with Crippen LogP contribution in [-0.2, 0) is 6.54 Å². The van der Waals surface area contributed by atoms with Gasteiger partial charge in [-0.2, -0.15) is 0 Å². The van der Waals surface area contributed by atoms with Crippen LogP contribution in [0.4, 0.5) is 0 Å². The summed E-state index contributed by atoms with van der Waals surface area (Å²) >= 11 is 0. The van der Waals surface area contributed by atoms with Crippen LogP contribution in [0.15, 0.2) is 35.3 Å². The van der Waals surface area contributed by atoms with Crippen LogP contribution in [0.2, 0.25) is 0 Å². The smallest absolute Gasteiger partial charge is 0.191 e. The van der Waals surface area contributed by atoms with E-state index in [1.165, 1.54) is 63.8 Å². The molecule has 0 bridgehead atoms. The predicted octanol–water partition coefficient (Wildman–Crippen LogP) is 2.69. The van der Waals surface area contributed by atoms with Crippen LogP contribution >= 0.6 is 0 Å². The Labute approximate surface area is 165 Å². The normalized spacial score (nSPS) is 22.9. The molecule has 0 aliphatic carbocycles. The first-order valence-corrected chi connectivity index (χ1v) is 10.8. The van der Waals surface area contributed by atoms with Gasteiger partial charge in [0.25, 0.3) is 0 Å². The van der Waals surface area contributed by atoms with E-state index in [-0.39, 0.29) is 0 Å². The molecule has 2 aliphatic heterocycles. The Kier molecular flexibility index (Phi) is 7.96. The Balaban J connectivity index is 1.42. The molecule has 27 heavy (non-hydrogen) atoms. The number of benzene rings is 1. The average molecular weight is 372 g/mol. The molecular formula is C22H37N5. The molecule has 0 spiro atoms. The molecule has 2 N–H and O–H groups in total. The van der Waals surface area contributed by atoms with E-state index in [2.05, 4.69) is 62.7 Å². The summed E-state index contributed by atoms with van der Waals surface area (Å²) in [5, 5.41) is 7.24. The van der Waals surface area contributed by atoms with E-state index >= 15 is 0 Å². The number of nitrogens with zero attached hydrogens (tertiary/aromatic N) is 3. The molecule has 0 aromatic heterocycles. The van der Waals surface area contributed by atoms with E-state index in [0.717, 1.165) is 19.0 Å². The Morgan fingerprint density at radius 3 is 2.59 bits per heavy atom. The number of rotatable bonds is 7. The molecule has 5 nitrogen and oxygen atoms in total. The first-order chi connectivity index (χ1) is 13.3. The van der Waals surface area contributed by atoms with E-state index in [9.17, 15) is 0 Å². The second-order valence-corrected chi connectivity index (χ2v) is 7.97. The number of guanidine groups is 1. The molecule has 150 valence electrons. The minimum absolute atomic E-state index is 0.549. The number of likely N-dealkylation sites (tertiary alicyclic amines) is 2. The highest BCUT2D eigenvalue weighted by molar-refractivity contribution is 5.80. The topological polar surface area (TPSA) is 42.9 Å². The lowest BCUT2D eigenvalue weighted by molar-refractivity contribution is 0.206. The molecule has 1 aromatic rings. The summed E-state index contributed by atoms with van der Waals surface area (Å²) in [5.41, 5.74) is 1.41. The van der Waals surface area contributed by atoms with Crippen molar-refractivity contribution >= 4 is 5.96 Å². The highest BCUT2D eigenvalue weighted by Crippen LogP contribution is 2.19. The molecule has 2 saturated heterocycles. The number of hydrogen-bond donors (Lipinski definition) is 2. The lowest BCUT2D eigenvalue weighted by Crippen LogP contribution is -2.50. The van der Waals surface area contributed by atoms with Gasteiger partial charge in [-0.15, -0.1) is 0 Å². The van der Waals surface area contributed by atoms with Crippen LogP contribution in [0.3, 0.4) is 0 Å². The molecule has 5 heteroatoms. The van der Waals surface area contributed by atoms with Crippen molar-refractivity contribution in [2.75, 3.05) is 39.8 Å². The summed E-state index contributed by atoms with van der Waals surface area (Å²) in [6.45, 7) is 9.13. The zero-order valence-corrected chi connectivity index (χ0v) is 17.2. The zero-order valence-electron chi connectivity index (χ0n) is 17.2. The highest BCUT2D eigenvalue weighted by Gasteiger charge is 2.25. The van der Waals surface area contributed by atoms with Crippen LogP contribution in [0.5, 0.6) is 0 Å². The molecule has 2 heterocycles. The number of hydrogen-bond acceptors (Lipinski definition) is 3. The van der Waals surface area contributed by atoms with Crippen molar-refractivity contribution in [1.82, 2.24) is 20.4 Å². The fourth-order valence-electron chi connectivity index (χ4n) is 4.37. The third kappa shape index (κ3) is 6.22. The van der Waals surface area contributed by atoms with Gasteiger partial charge in [0.05, 0.1) is 0 Å². The van der Waals surface area contributed by atoms with Gasteiger partial charge in [0, 0.05) is 45.3 Å². The molecule has 1 aromatic carbocycles. The van der Waals surface area contributed by atoms with Gasteiger partial charge in [0.15, 0.2) is 5.96 Å². The van der Waals surface area contributed by atoms with Crippen molar-refractivity contribution < 1.29 is 0 Å². The van der Waals surface area contributed by atoms with Gasteiger partial charge in [-0.25, -0.2) is 0 Å². The molecule has 0 amide bonds. The Hall–Kier alpha value is -1.59. The molecule has 1 unspecified atom stereocenters. The predicted molar refractivity (Wildman–Crippen MR) is 114 cm³/mol. The van der Waals surface area contributed by atoms with Crippen LogP contribution in [0, 0.1) is 0 Å². The Morgan fingerprint density at radius 1 is 1.11 bits per heavy atom. The summed E-state index contributed by atoms with van der Waals surface area (Å²) in [4.78, 5) is 9.66. The molecule has 2 fully saturated rings. The second kappa shape index (κ2) is 10.7. The summed E-state index contributed by atoms with van der Waals surface area (Å²) in [6, 6.07) is 12.0. The van der Waals surface area contributed by atoms with Gasteiger partial charge >= 0.3 is 0 Å². The van der Waals surface area contributed by atoms with Crippen molar-refractivity contribution in [2.45, 2.75) is 57.7 Å². The number of piperidine rings is 1. The monoisotopic (exact) mass is 371 g/mol. The average Bonchev–Trinajstić information content (AvgIpc) is 3.14. The highest BCUT2D eigenvalue weighted by atomic mass is 15.2. The maximum atomic E-state index is 4.47.